The van der Waals surface area contributed by atoms with Gasteiger partial charge in [-0.3, -0.25) is 4.79 Å². The first-order valence-corrected chi connectivity index (χ1v) is 8.04. The Bertz CT molecular complexity index is 722. The number of hydrogen-bond acceptors (Lipinski definition) is 5. The Balaban J connectivity index is 1.73. The van der Waals surface area contributed by atoms with E-state index in [0.29, 0.717) is 23.9 Å². The highest BCUT2D eigenvalue weighted by atomic mass is 35.5. The van der Waals surface area contributed by atoms with E-state index in [1.165, 1.54) is 7.11 Å². The van der Waals surface area contributed by atoms with E-state index < -0.39 is 5.97 Å². The van der Waals surface area contributed by atoms with Crippen LogP contribution in [0.2, 0.25) is 5.02 Å². The van der Waals surface area contributed by atoms with E-state index >= 15 is 0 Å². The molecule has 0 aliphatic heterocycles. The molecule has 0 saturated carbocycles. The zero-order valence-electron chi connectivity index (χ0n) is 13.8. The number of halogens is 1. The fourth-order valence-electron chi connectivity index (χ4n) is 2.02. The lowest BCUT2D eigenvalue weighted by Gasteiger charge is -2.10. The zero-order valence-corrected chi connectivity index (χ0v) is 14.5. The van der Waals surface area contributed by atoms with Gasteiger partial charge in [0.2, 0.25) is 5.91 Å². The summed E-state index contributed by atoms with van der Waals surface area (Å²) in [7, 11) is 1.28. The maximum atomic E-state index is 11.8. The van der Waals surface area contributed by atoms with Crippen LogP contribution in [0.25, 0.3) is 0 Å². The van der Waals surface area contributed by atoms with E-state index in [1.54, 1.807) is 18.2 Å². The highest BCUT2D eigenvalue weighted by Gasteiger charge is 2.11. The topological polar surface area (TPSA) is 76.7 Å². The van der Waals surface area contributed by atoms with Gasteiger partial charge in [-0.2, -0.15) is 0 Å². The molecule has 6 nitrogen and oxygen atoms in total. The van der Waals surface area contributed by atoms with E-state index in [4.69, 9.17) is 16.3 Å². The van der Waals surface area contributed by atoms with Gasteiger partial charge in [0.05, 0.1) is 30.8 Å². The van der Waals surface area contributed by atoms with Crippen LogP contribution in [0.4, 0.5) is 5.69 Å². The van der Waals surface area contributed by atoms with Crippen LogP contribution in [0.1, 0.15) is 10.4 Å². The van der Waals surface area contributed by atoms with Gasteiger partial charge >= 0.3 is 5.97 Å². The maximum Gasteiger partial charge on any atom is 0.339 e. The van der Waals surface area contributed by atoms with Crippen LogP contribution in [-0.4, -0.2) is 38.7 Å². The van der Waals surface area contributed by atoms with Gasteiger partial charge in [0.1, 0.15) is 12.4 Å². The van der Waals surface area contributed by atoms with Crippen molar-refractivity contribution in [2.24, 2.45) is 0 Å². The lowest BCUT2D eigenvalue weighted by molar-refractivity contribution is -0.119. The van der Waals surface area contributed by atoms with Crippen molar-refractivity contribution in [3.8, 4) is 5.75 Å². The summed E-state index contributed by atoms with van der Waals surface area (Å²) < 4.78 is 10.1. The summed E-state index contributed by atoms with van der Waals surface area (Å²) in [5.74, 6) is 0.0359. The van der Waals surface area contributed by atoms with Gasteiger partial charge in [0, 0.05) is 5.69 Å². The third-order valence-corrected chi connectivity index (χ3v) is 3.59. The monoisotopic (exact) mass is 362 g/mol. The summed E-state index contributed by atoms with van der Waals surface area (Å²) in [6, 6.07) is 14.2. The molecular weight excluding hydrogens is 344 g/mol. The normalized spacial score (nSPS) is 10.0. The molecule has 0 saturated heterocycles. The molecule has 1 amide bonds. The molecule has 0 bridgehead atoms. The fourth-order valence-corrected chi connectivity index (χ4v) is 2.22. The predicted molar refractivity (Wildman–Crippen MR) is 96.2 cm³/mol. The molecule has 132 valence electrons. The van der Waals surface area contributed by atoms with Crippen LogP contribution in [0, 0.1) is 0 Å². The van der Waals surface area contributed by atoms with E-state index in [-0.39, 0.29) is 18.0 Å². The first-order chi connectivity index (χ1) is 12.1. The Hall–Kier alpha value is -2.73. The second-order valence-corrected chi connectivity index (χ2v) is 5.46. The second-order valence-electron chi connectivity index (χ2n) is 5.05. The lowest BCUT2D eigenvalue weighted by atomic mass is 10.2. The molecule has 0 fully saturated rings. The minimum atomic E-state index is -0.531. The van der Waals surface area contributed by atoms with Crippen molar-refractivity contribution in [2.45, 2.75) is 0 Å². The molecule has 2 rings (SSSR count). The summed E-state index contributed by atoms with van der Waals surface area (Å²) in [4.78, 5) is 23.4. The average molecular weight is 363 g/mol. The van der Waals surface area contributed by atoms with Gasteiger partial charge in [-0.25, -0.2) is 4.79 Å². The minimum absolute atomic E-state index is 0.0631. The Morgan fingerprint density at radius 3 is 2.60 bits per heavy atom. The Labute approximate surface area is 151 Å². The maximum absolute atomic E-state index is 11.8. The van der Waals surface area contributed by atoms with Crippen LogP contribution >= 0.6 is 11.6 Å². The van der Waals surface area contributed by atoms with Crippen molar-refractivity contribution in [3.63, 3.8) is 0 Å². The standard InChI is InChI=1S/C18H19ClN2O4/c1-24-18(23)15-11-13(7-8-16(15)19)21-12-17(22)20-9-10-25-14-5-3-2-4-6-14/h2-8,11,21H,9-10,12H2,1H3,(H,20,22). The third kappa shape index (κ3) is 6.00. The number of esters is 1. The number of methoxy groups -OCH3 is 1. The molecule has 2 aromatic carbocycles. The highest BCUT2D eigenvalue weighted by Crippen LogP contribution is 2.21. The van der Waals surface area contributed by atoms with Crippen molar-refractivity contribution in [3.05, 3.63) is 59.1 Å². The van der Waals surface area contributed by atoms with Crippen molar-refractivity contribution in [1.29, 1.82) is 0 Å². The molecule has 0 spiro atoms. The second kappa shape index (κ2) is 9.54. The van der Waals surface area contributed by atoms with Gasteiger partial charge in [-0.1, -0.05) is 29.8 Å². The number of anilines is 1. The number of para-hydroxylation sites is 1. The molecule has 0 aliphatic carbocycles. The lowest BCUT2D eigenvalue weighted by Crippen LogP contribution is -2.33. The number of nitrogens with one attached hydrogen (secondary N) is 2. The molecule has 0 heterocycles. The summed E-state index contributed by atoms with van der Waals surface area (Å²) in [5, 5.41) is 5.96. The molecular formula is C18H19ClN2O4. The van der Waals surface area contributed by atoms with E-state index in [1.807, 2.05) is 30.3 Å². The molecule has 2 aromatic rings. The Kier molecular flexibility index (Phi) is 7.10. The average Bonchev–Trinajstić information content (AvgIpc) is 2.64. The van der Waals surface area contributed by atoms with Crippen molar-refractivity contribution in [1.82, 2.24) is 5.32 Å². The van der Waals surface area contributed by atoms with Gasteiger partial charge in [0.25, 0.3) is 0 Å². The first-order valence-electron chi connectivity index (χ1n) is 7.66. The van der Waals surface area contributed by atoms with Crippen LogP contribution in [0.15, 0.2) is 48.5 Å². The first kappa shape index (κ1) is 18.6. The van der Waals surface area contributed by atoms with E-state index in [2.05, 4.69) is 15.4 Å². The van der Waals surface area contributed by atoms with Crippen LogP contribution in [0.5, 0.6) is 5.75 Å². The number of amides is 1. The van der Waals surface area contributed by atoms with Gasteiger partial charge in [-0.05, 0) is 30.3 Å². The molecule has 7 heteroatoms. The largest absolute Gasteiger partial charge is 0.492 e. The fraction of sp³-hybridized carbons (Fsp3) is 0.222. The van der Waals surface area contributed by atoms with Crippen LogP contribution < -0.4 is 15.4 Å². The molecule has 0 aliphatic rings. The van der Waals surface area contributed by atoms with Gasteiger partial charge < -0.3 is 20.1 Å². The SMILES string of the molecule is COC(=O)c1cc(NCC(=O)NCCOc2ccccc2)ccc1Cl. The molecule has 0 atom stereocenters. The molecule has 2 N–H and O–H groups in total. The smallest absolute Gasteiger partial charge is 0.339 e. The Morgan fingerprint density at radius 2 is 1.88 bits per heavy atom. The number of rotatable bonds is 8. The summed E-state index contributed by atoms with van der Waals surface area (Å²) in [5.41, 5.74) is 0.839. The van der Waals surface area contributed by atoms with Crippen LogP contribution in [0.3, 0.4) is 0 Å². The molecule has 0 radical (unpaired) electrons. The summed E-state index contributed by atoms with van der Waals surface area (Å²) in [6.07, 6.45) is 0. The number of ether oxygens (including phenoxy) is 2. The van der Waals surface area contributed by atoms with E-state index in [0.717, 1.165) is 5.75 Å². The molecule has 0 aromatic heterocycles. The zero-order chi connectivity index (χ0) is 18.1. The highest BCUT2D eigenvalue weighted by molar-refractivity contribution is 6.33. The number of hydrogen-bond donors (Lipinski definition) is 2. The van der Waals surface area contributed by atoms with Crippen molar-refractivity contribution in [2.75, 3.05) is 32.1 Å². The minimum Gasteiger partial charge on any atom is -0.492 e. The predicted octanol–water partition coefficient (Wildman–Crippen LogP) is 2.73. The number of carbonyl (C=O) groups is 2. The number of benzene rings is 2. The van der Waals surface area contributed by atoms with Crippen molar-refractivity contribution >= 4 is 29.2 Å². The summed E-state index contributed by atoms with van der Waals surface area (Å²) >= 11 is 5.95. The van der Waals surface area contributed by atoms with Gasteiger partial charge in [-0.15, -0.1) is 0 Å². The van der Waals surface area contributed by atoms with E-state index in [9.17, 15) is 9.59 Å². The quantitative estimate of drug-likeness (QED) is 0.557. The summed E-state index contributed by atoms with van der Waals surface area (Å²) in [6.45, 7) is 0.834. The third-order valence-electron chi connectivity index (χ3n) is 3.26. The Morgan fingerprint density at radius 1 is 1.12 bits per heavy atom. The molecule has 0 unspecified atom stereocenters. The number of carbonyl (C=O) groups excluding carboxylic acids is 2. The van der Waals surface area contributed by atoms with Crippen LogP contribution in [-0.2, 0) is 9.53 Å². The molecule has 25 heavy (non-hydrogen) atoms. The van der Waals surface area contributed by atoms with Crippen molar-refractivity contribution < 1.29 is 19.1 Å². The van der Waals surface area contributed by atoms with Gasteiger partial charge in [0.15, 0.2) is 0 Å².